The van der Waals surface area contributed by atoms with Gasteiger partial charge in [-0.1, -0.05) is 6.07 Å². The lowest BCUT2D eigenvalue weighted by molar-refractivity contribution is 0.373. The van der Waals surface area contributed by atoms with E-state index in [-0.39, 0.29) is 5.75 Å². The molecule has 0 aliphatic heterocycles. The van der Waals surface area contributed by atoms with Crippen LogP contribution in [0.1, 0.15) is 5.56 Å². The first-order valence-corrected chi connectivity index (χ1v) is 3.57. The average Bonchev–Trinajstić information content (AvgIpc) is 2.08. The van der Waals surface area contributed by atoms with Crippen molar-refractivity contribution >= 4 is 0 Å². The van der Waals surface area contributed by atoms with Gasteiger partial charge in [0.1, 0.15) is 0 Å². The van der Waals surface area contributed by atoms with E-state index in [0.717, 1.165) is 5.56 Å². The smallest absolute Gasteiger partial charge is 0.160 e. The van der Waals surface area contributed by atoms with Crippen LogP contribution in [0, 0.1) is 6.92 Å². The van der Waals surface area contributed by atoms with Gasteiger partial charge in [0.2, 0.25) is 0 Å². The Balaban J connectivity index is 0.000000561. The van der Waals surface area contributed by atoms with Gasteiger partial charge >= 0.3 is 0 Å². The molecule has 0 saturated carbocycles. The van der Waals surface area contributed by atoms with Crippen molar-refractivity contribution in [3.05, 3.63) is 36.9 Å². The minimum atomic E-state index is 0.197. The van der Waals surface area contributed by atoms with Gasteiger partial charge in [0.25, 0.3) is 0 Å². The molecule has 0 atom stereocenters. The van der Waals surface area contributed by atoms with E-state index in [0.29, 0.717) is 5.75 Å². The van der Waals surface area contributed by atoms with Gasteiger partial charge in [-0.3, -0.25) is 0 Å². The van der Waals surface area contributed by atoms with Crippen LogP contribution in [0.15, 0.2) is 31.4 Å². The average molecular weight is 166 g/mol. The molecule has 0 amide bonds. The molecule has 0 aliphatic carbocycles. The van der Waals surface area contributed by atoms with Gasteiger partial charge in [-0.25, -0.2) is 0 Å². The first-order chi connectivity index (χ1) is 5.74. The van der Waals surface area contributed by atoms with E-state index in [4.69, 9.17) is 9.84 Å². The summed E-state index contributed by atoms with van der Waals surface area (Å²) < 4.78 is 4.85. The molecule has 0 bridgehead atoms. The first-order valence-electron chi connectivity index (χ1n) is 3.57. The SMILES string of the molecule is C=C.COc1ccc(C)cc1O. The zero-order valence-corrected chi connectivity index (χ0v) is 7.50. The van der Waals surface area contributed by atoms with Gasteiger partial charge in [-0.2, -0.15) is 0 Å². The highest BCUT2D eigenvalue weighted by atomic mass is 16.5. The molecule has 1 rings (SSSR count). The molecule has 0 saturated heterocycles. The lowest BCUT2D eigenvalue weighted by Crippen LogP contribution is -1.82. The molecular formula is C10H14O2. The number of aromatic hydroxyl groups is 1. The number of methoxy groups -OCH3 is 1. The molecule has 2 nitrogen and oxygen atoms in total. The summed E-state index contributed by atoms with van der Waals surface area (Å²) in [4.78, 5) is 0. The molecule has 0 unspecified atom stereocenters. The predicted molar refractivity (Wildman–Crippen MR) is 50.6 cm³/mol. The predicted octanol–water partition coefficient (Wildman–Crippen LogP) is 2.51. The summed E-state index contributed by atoms with van der Waals surface area (Å²) in [5.41, 5.74) is 1.03. The monoisotopic (exact) mass is 166 g/mol. The number of aryl methyl sites for hydroxylation is 1. The van der Waals surface area contributed by atoms with E-state index < -0.39 is 0 Å². The van der Waals surface area contributed by atoms with E-state index in [1.54, 1.807) is 12.1 Å². The third kappa shape index (κ3) is 2.66. The van der Waals surface area contributed by atoms with Crippen LogP contribution in [0.4, 0.5) is 0 Å². The van der Waals surface area contributed by atoms with Crippen molar-refractivity contribution in [2.75, 3.05) is 7.11 Å². The van der Waals surface area contributed by atoms with E-state index in [1.165, 1.54) is 7.11 Å². The summed E-state index contributed by atoms with van der Waals surface area (Å²) in [5.74, 6) is 0.716. The largest absolute Gasteiger partial charge is 0.504 e. The topological polar surface area (TPSA) is 29.5 Å². The second-order valence-corrected chi connectivity index (χ2v) is 2.18. The number of phenolic OH excluding ortho intramolecular Hbond substituents is 1. The van der Waals surface area contributed by atoms with Crippen LogP contribution < -0.4 is 4.74 Å². The van der Waals surface area contributed by atoms with Gasteiger partial charge in [0.15, 0.2) is 11.5 Å². The van der Waals surface area contributed by atoms with Crippen molar-refractivity contribution in [1.82, 2.24) is 0 Å². The highest BCUT2D eigenvalue weighted by molar-refractivity contribution is 5.41. The van der Waals surface area contributed by atoms with Crippen LogP contribution in [0.2, 0.25) is 0 Å². The summed E-state index contributed by atoms with van der Waals surface area (Å²) in [6, 6.07) is 5.29. The van der Waals surface area contributed by atoms with Gasteiger partial charge < -0.3 is 9.84 Å². The summed E-state index contributed by atoms with van der Waals surface area (Å²) in [7, 11) is 1.53. The van der Waals surface area contributed by atoms with Crippen LogP contribution >= 0.6 is 0 Å². The van der Waals surface area contributed by atoms with Gasteiger partial charge in [0, 0.05) is 0 Å². The number of ether oxygens (including phenoxy) is 1. The third-order valence-electron chi connectivity index (χ3n) is 1.33. The lowest BCUT2D eigenvalue weighted by atomic mass is 10.2. The van der Waals surface area contributed by atoms with E-state index in [1.807, 2.05) is 13.0 Å². The molecule has 0 spiro atoms. The van der Waals surface area contributed by atoms with Crippen LogP contribution in [-0.4, -0.2) is 12.2 Å². The zero-order chi connectivity index (χ0) is 9.56. The molecule has 0 fully saturated rings. The molecule has 1 aromatic rings. The minimum Gasteiger partial charge on any atom is -0.504 e. The summed E-state index contributed by atoms with van der Waals surface area (Å²) >= 11 is 0. The van der Waals surface area contributed by atoms with E-state index in [2.05, 4.69) is 13.2 Å². The molecule has 0 aliphatic rings. The fourth-order valence-corrected chi connectivity index (χ4v) is 0.800. The van der Waals surface area contributed by atoms with Crippen molar-refractivity contribution < 1.29 is 9.84 Å². The Hall–Kier alpha value is -1.44. The summed E-state index contributed by atoms with van der Waals surface area (Å²) in [6.45, 7) is 7.92. The van der Waals surface area contributed by atoms with Crippen molar-refractivity contribution in [2.24, 2.45) is 0 Å². The Morgan fingerprint density at radius 1 is 1.33 bits per heavy atom. The van der Waals surface area contributed by atoms with Gasteiger partial charge in [-0.05, 0) is 24.6 Å². The van der Waals surface area contributed by atoms with Crippen LogP contribution in [-0.2, 0) is 0 Å². The van der Waals surface area contributed by atoms with Crippen molar-refractivity contribution in [1.29, 1.82) is 0 Å². The first kappa shape index (κ1) is 10.6. The normalized spacial score (nSPS) is 8.17. The van der Waals surface area contributed by atoms with Crippen LogP contribution in [0.25, 0.3) is 0 Å². The fourth-order valence-electron chi connectivity index (χ4n) is 0.800. The maximum Gasteiger partial charge on any atom is 0.160 e. The standard InChI is InChI=1S/C8H10O2.C2H4/c1-6-3-4-8(10-2)7(9)5-6;1-2/h3-5,9H,1-2H3;1-2H2. The van der Waals surface area contributed by atoms with Crippen molar-refractivity contribution in [3.63, 3.8) is 0 Å². The number of hydrogen-bond donors (Lipinski definition) is 1. The molecule has 0 aromatic heterocycles. The molecule has 66 valence electrons. The third-order valence-corrected chi connectivity index (χ3v) is 1.33. The van der Waals surface area contributed by atoms with E-state index in [9.17, 15) is 0 Å². The van der Waals surface area contributed by atoms with Crippen LogP contribution in [0.5, 0.6) is 11.5 Å². The molecular weight excluding hydrogens is 152 g/mol. The van der Waals surface area contributed by atoms with Gasteiger partial charge in [0.05, 0.1) is 7.11 Å². The molecule has 12 heavy (non-hydrogen) atoms. The number of benzene rings is 1. The second kappa shape index (κ2) is 5.24. The molecule has 0 heterocycles. The number of rotatable bonds is 1. The second-order valence-electron chi connectivity index (χ2n) is 2.18. The Kier molecular flexibility index (Phi) is 4.61. The Labute approximate surface area is 73.1 Å². The van der Waals surface area contributed by atoms with Crippen molar-refractivity contribution in [3.8, 4) is 11.5 Å². The zero-order valence-electron chi connectivity index (χ0n) is 7.50. The Bertz CT molecular complexity index is 244. The molecule has 2 heteroatoms. The Morgan fingerprint density at radius 3 is 2.33 bits per heavy atom. The summed E-state index contributed by atoms with van der Waals surface area (Å²) in [5, 5.41) is 9.17. The maximum atomic E-state index is 9.17. The maximum absolute atomic E-state index is 9.17. The molecule has 0 radical (unpaired) electrons. The molecule has 1 aromatic carbocycles. The minimum absolute atomic E-state index is 0.197. The van der Waals surface area contributed by atoms with Crippen LogP contribution in [0.3, 0.4) is 0 Å². The lowest BCUT2D eigenvalue weighted by Gasteiger charge is -2.01. The summed E-state index contributed by atoms with van der Waals surface area (Å²) in [6.07, 6.45) is 0. The van der Waals surface area contributed by atoms with Crippen molar-refractivity contribution in [2.45, 2.75) is 6.92 Å². The highest BCUT2D eigenvalue weighted by Crippen LogP contribution is 2.25. The Morgan fingerprint density at radius 2 is 1.92 bits per heavy atom. The highest BCUT2D eigenvalue weighted by Gasteiger charge is 1.97. The number of phenols is 1. The van der Waals surface area contributed by atoms with E-state index >= 15 is 0 Å². The molecule has 1 N–H and O–H groups in total. The fraction of sp³-hybridized carbons (Fsp3) is 0.200. The van der Waals surface area contributed by atoms with Gasteiger partial charge in [-0.15, -0.1) is 13.2 Å². The quantitative estimate of drug-likeness (QED) is 0.649. The number of hydrogen-bond acceptors (Lipinski definition) is 2.